The van der Waals surface area contributed by atoms with Crippen molar-refractivity contribution < 1.29 is 24.3 Å². The Bertz CT molecular complexity index is 1310. The van der Waals surface area contributed by atoms with Gasteiger partial charge < -0.3 is 5.11 Å². The van der Waals surface area contributed by atoms with Gasteiger partial charge in [0.15, 0.2) is 11.6 Å². The predicted octanol–water partition coefficient (Wildman–Crippen LogP) is 4.46. The van der Waals surface area contributed by atoms with Crippen LogP contribution in [-0.2, 0) is 19.2 Å². The zero-order valence-corrected chi connectivity index (χ0v) is 20.8. The first-order valence-electron chi connectivity index (χ1n) is 13.1. The molecule has 2 amide bonds. The highest BCUT2D eigenvalue weighted by atomic mass is 16.3. The monoisotopic (exact) mass is 485 g/mol. The van der Waals surface area contributed by atoms with Crippen LogP contribution in [0.15, 0.2) is 52.6 Å². The number of ketones is 2. The molecule has 36 heavy (non-hydrogen) atoms. The Morgan fingerprint density at radius 3 is 2.42 bits per heavy atom. The Morgan fingerprint density at radius 1 is 0.944 bits per heavy atom. The number of nitrogens with zero attached hydrogens (tertiary/aromatic N) is 1. The van der Waals surface area contributed by atoms with Gasteiger partial charge in [-0.15, -0.1) is 0 Å². The van der Waals surface area contributed by atoms with Crippen molar-refractivity contribution in [1.82, 2.24) is 4.90 Å². The number of rotatable bonds is 2. The molecule has 4 unspecified atom stereocenters. The van der Waals surface area contributed by atoms with Gasteiger partial charge in [-0.1, -0.05) is 43.0 Å². The standard InChI is InChI=1S/C30H31NO5/c1-15-12-17(8-11-23(15)32)25-19-9-10-20-26(30(36)31(29(20)35)18-6-4-3-5-7-18)21(19)14-22-27(25)24(33)13-16(2)28(22)34/h8-9,11-13,18,20-21,25-26,32H,3-7,10,14H2,1-2H3. The van der Waals surface area contributed by atoms with Gasteiger partial charge in [0.25, 0.3) is 0 Å². The Labute approximate surface area is 210 Å². The van der Waals surface area contributed by atoms with Crippen LogP contribution in [-0.4, -0.2) is 39.4 Å². The maximum Gasteiger partial charge on any atom is 0.233 e. The fraction of sp³-hybridized carbons (Fsp3) is 0.467. The molecule has 0 spiro atoms. The topological polar surface area (TPSA) is 91.8 Å². The Morgan fingerprint density at radius 2 is 1.69 bits per heavy atom. The SMILES string of the molecule is CC1=CC(=O)C2=C(CC3C(=CCC4C(=O)N(C5CCCCC5)C(=O)C43)C2c2ccc(O)c(C)c2)C1=O. The molecule has 4 aliphatic carbocycles. The third-order valence-corrected chi connectivity index (χ3v) is 9.09. The quantitative estimate of drug-likeness (QED) is 0.379. The minimum atomic E-state index is -0.497. The molecular formula is C30H31NO5. The van der Waals surface area contributed by atoms with Gasteiger partial charge in [-0.25, -0.2) is 0 Å². The molecule has 4 atom stereocenters. The number of phenols is 1. The van der Waals surface area contributed by atoms with Gasteiger partial charge in [-0.05, 0) is 68.7 Å². The first kappa shape index (κ1) is 23.1. The van der Waals surface area contributed by atoms with Crippen LogP contribution in [0.3, 0.4) is 0 Å². The summed E-state index contributed by atoms with van der Waals surface area (Å²) in [6.45, 7) is 3.46. The van der Waals surface area contributed by atoms with E-state index >= 15 is 0 Å². The van der Waals surface area contributed by atoms with E-state index in [0.717, 1.165) is 43.2 Å². The smallest absolute Gasteiger partial charge is 0.233 e. The predicted molar refractivity (Wildman–Crippen MR) is 133 cm³/mol. The first-order valence-corrected chi connectivity index (χ1v) is 13.1. The van der Waals surface area contributed by atoms with E-state index in [1.807, 2.05) is 6.07 Å². The van der Waals surface area contributed by atoms with Gasteiger partial charge in [0.2, 0.25) is 11.8 Å². The lowest BCUT2D eigenvalue weighted by Crippen LogP contribution is -2.43. The van der Waals surface area contributed by atoms with Crippen LogP contribution >= 0.6 is 0 Å². The summed E-state index contributed by atoms with van der Waals surface area (Å²) in [7, 11) is 0. The summed E-state index contributed by atoms with van der Waals surface area (Å²) < 4.78 is 0. The van der Waals surface area contributed by atoms with Crippen LogP contribution < -0.4 is 0 Å². The van der Waals surface area contributed by atoms with Crippen molar-refractivity contribution in [3.05, 3.63) is 63.8 Å². The molecule has 0 radical (unpaired) electrons. The van der Waals surface area contributed by atoms with E-state index in [2.05, 4.69) is 6.08 Å². The molecule has 1 aromatic rings. The van der Waals surface area contributed by atoms with Crippen molar-refractivity contribution >= 4 is 23.4 Å². The van der Waals surface area contributed by atoms with Gasteiger partial charge in [0.1, 0.15) is 5.75 Å². The molecule has 6 heteroatoms. The third kappa shape index (κ3) is 3.30. The number of aromatic hydroxyl groups is 1. The van der Waals surface area contributed by atoms with Crippen LogP contribution in [0.1, 0.15) is 68.9 Å². The molecule has 0 aromatic heterocycles. The number of amides is 2. The van der Waals surface area contributed by atoms with E-state index in [1.54, 1.807) is 30.9 Å². The zero-order chi connectivity index (χ0) is 25.3. The Balaban J connectivity index is 1.47. The summed E-state index contributed by atoms with van der Waals surface area (Å²) in [5.41, 5.74) is 3.84. The van der Waals surface area contributed by atoms with Crippen LogP contribution in [0.4, 0.5) is 0 Å². The summed E-state index contributed by atoms with van der Waals surface area (Å²) in [4.78, 5) is 55.6. The van der Waals surface area contributed by atoms with Gasteiger partial charge in [0.05, 0.1) is 11.8 Å². The Kier molecular flexibility index (Phi) is 5.39. The number of imide groups is 1. The van der Waals surface area contributed by atoms with Crippen molar-refractivity contribution in [2.75, 3.05) is 0 Å². The van der Waals surface area contributed by atoms with E-state index in [0.29, 0.717) is 35.1 Å². The van der Waals surface area contributed by atoms with Crippen LogP contribution in [0.2, 0.25) is 0 Å². The van der Waals surface area contributed by atoms with Gasteiger partial charge in [0, 0.05) is 28.7 Å². The van der Waals surface area contributed by atoms with Crippen molar-refractivity contribution in [2.24, 2.45) is 17.8 Å². The number of aryl methyl sites for hydroxylation is 1. The van der Waals surface area contributed by atoms with E-state index in [4.69, 9.17) is 0 Å². The fourth-order valence-corrected chi connectivity index (χ4v) is 7.34. The fourth-order valence-electron chi connectivity index (χ4n) is 7.34. The minimum Gasteiger partial charge on any atom is -0.508 e. The number of fused-ring (bicyclic) bond motifs is 3. The average Bonchev–Trinajstić information content (AvgIpc) is 3.13. The molecule has 6 nitrogen and oxygen atoms in total. The number of phenolic OH excluding ortho intramolecular Hbond substituents is 1. The molecule has 1 saturated heterocycles. The first-order chi connectivity index (χ1) is 17.3. The zero-order valence-electron chi connectivity index (χ0n) is 20.8. The highest BCUT2D eigenvalue weighted by Crippen LogP contribution is 2.55. The third-order valence-electron chi connectivity index (χ3n) is 9.09. The molecule has 2 fully saturated rings. The minimum absolute atomic E-state index is 0.0234. The molecule has 1 aliphatic heterocycles. The summed E-state index contributed by atoms with van der Waals surface area (Å²) in [5, 5.41) is 10.1. The average molecular weight is 486 g/mol. The van der Waals surface area contributed by atoms with Crippen molar-refractivity contribution in [1.29, 1.82) is 0 Å². The highest BCUT2D eigenvalue weighted by Gasteiger charge is 2.57. The molecule has 0 bridgehead atoms. The molecule has 1 N–H and O–H groups in total. The highest BCUT2D eigenvalue weighted by molar-refractivity contribution is 6.23. The summed E-state index contributed by atoms with van der Waals surface area (Å²) in [6, 6.07) is 5.25. The van der Waals surface area contributed by atoms with E-state index in [1.165, 1.54) is 6.08 Å². The lowest BCUT2D eigenvalue weighted by Gasteiger charge is -2.42. The number of benzene rings is 1. The lowest BCUT2D eigenvalue weighted by molar-refractivity contribution is -0.143. The number of likely N-dealkylation sites (tertiary alicyclic amines) is 1. The molecule has 5 aliphatic rings. The van der Waals surface area contributed by atoms with Gasteiger partial charge in [-0.3, -0.25) is 24.1 Å². The van der Waals surface area contributed by atoms with Gasteiger partial charge >= 0.3 is 0 Å². The number of allylic oxidation sites excluding steroid dienone is 6. The number of carbonyl (C=O) groups is 4. The number of hydrogen-bond donors (Lipinski definition) is 1. The van der Waals surface area contributed by atoms with E-state index in [9.17, 15) is 24.3 Å². The molecule has 1 aromatic carbocycles. The largest absolute Gasteiger partial charge is 0.508 e. The van der Waals surface area contributed by atoms with Crippen molar-refractivity contribution in [3.8, 4) is 5.75 Å². The van der Waals surface area contributed by atoms with Crippen molar-refractivity contribution in [2.45, 2.75) is 70.8 Å². The van der Waals surface area contributed by atoms with Gasteiger partial charge in [-0.2, -0.15) is 0 Å². The normalized spacial score (nSPS) is 30.7. The summed E-state index contributed by atoms with van der Waals surface area (Å²) in [5.74, 6) is -1.97. The number of carbonyl (C=O) groups excluding carboxylic acids is 4. The second kappa shape index (κ2) is 8.39. The van der Waals surface area contributed by atoms with E-state index < -0.39 is 17.8 Å². The molecular weight excluding hydrogens is 454 g/mol. The summed E-state index contributed by atoms with van der Waals surface area (Å²) in [6.07, 6.45) is 9.19. The van der Waals surface area contributed by atoms with Crippen LogP contribution in [0.25, 0.3) is 0 Å². The van der Waals surface area contributed by atoms with Crippen LogP contribution in [0, 0.1) is 24.7 Å². The second-order valence-electron chi connectivity index (χ2n) is 11.1. The lowest BCUT2D eigenvalue weighted by atomic mass is 9.59. The van der Waals surface area contributed by atoms with E-state index in [-0.39, 0.29) is 41.1 Å². The van der Waals surface area contributed by atoms with Crippen molar-refractivity contribution in [3.63, 3.8) is 0 Å². The molecule has 1 heterocycles. The number of hydrogen-bond acceptors (Lipinski definition) is 5. The maximum absolute atomic E-state index is 13.9. The molecule has 6 rings (SSSR count). The Hall–Kier alpha value is -3.28. The molecule has 186 valence electrons. The maximum atomic E-state index is 13.9. The number of Topliss-reactive ketones (excluding diaryl/α,β-unsaturated/α-hetero) is 1. The van der Waals surface area contributed by atoms with Crippen LogP contribution in [0.5, 0.6) is 5.75 Å². The summed E-state index contributed by atoms with van der Waals surface area (Å²) >= 11 is 0. The second-order valence-corrected chi connectivity index (χ2v) is 11.1. The molecule has 1 saturated carbocycles.